The number of aromatic nitrogens is 1. The average Bonchev–Trinajstić information content (AvgIpc) is 3.00. The fraction of sp³-hybridized carbons (Fsp3) is 0.0667. The fourth-order valence-electron chi connectivity index (χ4n) is 2.16. The van der Waals surface area contributed by atoms with Crippen molar-refractivity contribution in [3.8, 4) is 22.6 Å². The summed E-state index contributed by atoms with van der Waals surface area (Å²) < 4.78 is 7.14. The number of aryl methyl sites for hydroxylation is 1. The van der Waals surface area contributed by atoms with Gasteiger partial charge in [0.05, 0.1) is 6.26 Å². The van der Waals surface area contributed by atoms with Gasteiger partial charge in [-0.3, -0.25) is 4.68 Å². The lowest BCUT2D eigenvalue weighted by Crippen LogP contribution is -2.11. The lowest BCUT2D eigenvalue weighted by molar-refractivity contribution is 0.577. The van der Waals surface area contributed by atoms with Gasteiger partial charge in [-0.15, -0.1) is 0 Å². The van der Waals surface area contributed by atoms with Crippen molar-refractivity contribution < 1.29 is 4.42 Å². The first-order chi connectivity index (χ1) is 8.77. The molecule has 18 heavy (non-hydrogen) atoms. The predicted molar refractivity (Wildman–Crippen MR) is 72.5 cm³/mol. The quantitative estimate of drug-likeness (QED) is 0.695. The summed E-state index contributed by atoms with van der Waals surface area (Å²) in [5.41, 5.74) is 4.13. The summed E-state index contributed by atoms with van der Waals surface area (Å²) in [7, 11) is 0. The largest absolute Gasteiger partial charge is 0.463 e. The normalized spacial score (nSPS) is 10.7. The van der Waals surface area contributed by atoms with Crippen molar-refractivity contribution in [2.75, 3.05) is 5.84 Å². The van der Waals surface area contributed by atoms with Crippen LogP contribution in [0.4, 0.5) is 0 Å². The molecule has 0 spiro atoms. The van der Waals surface area contributed by atoms with E-state index >= 15 is 0 Å². The molecular weight excluding hydrogens is 224 g/mol. The van der Waals surface area contributed by atoms with Crippen LogP contribution >= 0.6 is 0 Å². The molecule has 0 aliphatic heterocycles. The third kappa shape index (κ3) is 1.61. The van der Waals surface area contributed by atoms with Gasteiger partial charge in [-0.1, -0.05) is 30.3 Å². The molecule has 3 heteroatoms. The monoisotopic (exact) mass is 238 g/mol. The molecule has 3 rings (SSSR count). The zero-order chi connectivity index (χ0) is 12.5. The van der Waals surface area contributed by atoms with Crippen molar-refractivity contribution in [3.63, 3.8) is 0 Å². The average molecular weight is 238 g/mol. The van der Waals surface area contributed by atoms with Crippen LogP contribution in [0.1, 0.15) is 5.69 Å². The van der Waals surface area contributed by atoms with Gasteiger partial charge in [0, 0.05) is 11.3 Å². The molecule has 0 atom stereocenters. The van der Waals surface area contributed by atoms with Gasteiger partial charge in [0.2, 0.25) is 0 Å². The fourth-order valence-corrected chi connectivity index (χ4v) is 2.16. The van der Waals surface area contributed by atoms with Crippen molar-refractivity contribution in [3.05, 3.63) is 60.5 Å². The minimum Gasteiger partial charge on any atom is -0.463 e. The maximum atomic E-state index is 6.09. The van der Waals surface area contributed by atoms with Crippen molar-refractivity contribution in [2.24, 2.45) is 0 Å². The summed E-state index contributed by atoms with van der Waals surface area (Å²) in [5.74, 6) is 6.87. The van der Waals surface area contributed by atoms with Crippen molar-refractivity contribution in [1.82, 2.24) is 4.68 Å². The Balaban J connectivity index is 2.25. The molecule has 0 fully saturated rings. The number of hydrogen-bond acceptors (Lipinski definition) is 2. The van der Waals surface area contributed by atoms with Crippen molar-refractivity contribution in [2.45, 2.75) is 6.92 Å². The molecule has 2 aromatic heterocycles. The smallest absolute Gasteiger partial charge is 0.152 e. The molecule has 0 saturated carbocycles. The zero-order valence-corrected chi connectivity index (χ0v) is 10.1. The second-order valence-corrected chi connectivity index (χ2v) is 4.26. The van der Waals surface area contributed by atoms with Crippen molar-refractivity contribution in [1.29, 1.82) is 0 Å². The van der Waals surface area contributed by atoms with Gasteiger partial charge in [-0.2, -0.15) is 0 Å². The molecule has 2 N–H and O–H groups in total. The SMILES string of the molecule is Cc1cc(-c2ccccc2)c(-c2ccco2)n1N. The molecule has 0 saturated heterocycles. The standard InChI is InChI=1S/C15H14N2O/c1-11-10-13(12-6-3-2-4-7-12)15(17(11)16)14-8-5-9-18-14/h2-10H,16H2,1H3. The van der Waals surface area contributed by atoms with Crippen LogP contribution in [0.25, 0.3) is 22.6 Å². The van der Waals surface area contributed by atoms with Gasteiger partial charge in [-0.25, -0.2) is 0 Å². The Morgan fingerprint density at radius 1 is 1.06 bits per heavy atom. The van der Waals surface area contributed by atoms with E-state index in [-0.39, 0.29) is 0 Å². The minimum absolute atomic E-state index is 0.782. The second-order valence-electron chi connectivity index (χ2n) is 4.26. The Morgan fingerprint density at radius 2 is 1.83 bits per heavy atom. The van der Waals surface area contributed by atoms with Crippen LogP contribution in [0, 0.1) is 6.92 Å². The molecule has 0 aliphatic carbocycles. The summed E-state index contributed by atoms with van der Waals surface area (Å²) in [5, 5.41) is 0. The highest BCUT2D eigenvalue weighted by molar-refractivity contribution is 5.80. The Hall–Kier alpha value is -2.42. The van der Waals surface area contributed by atoms with E-state index in [4.69, 9.17) is 10.3 Å². The molecule has 3 nitrogen and oxygen atoms in total. The van der Waals surface area contributed by atoms with E-state index in [9.17, 15) is 0 Å². The first kappa shape index (κ1) is 10.7. The van der Waals surface area contributed by atoms with Crippen LogP contribution in [0.2, 0.25) is 0 Å². The molecule has 0 aliphatic rings. The predicted octanol–water partition coefficient (Wildman–Crippen LogP) is 3.44. The Kier molecular flexibility index (Phi) is 2.45. The lowest BCUT2D eigenvalue weighted by atomic mass is 10.0. The van der Waals surface area contributed by atoms with Gasteiger partial charge in [0.1, 0.15) is 5.69 Å². The molecule has 0 amide bonds. The van der Waals surface area contributed by atoms with E-state index in [0.717, 1.165) is 28.3 Å². The summed E-state index contributed by atoms with van der Waals surface area (Å²) in [6, 6.07) is 16.0. The molecule has 0 unspecified atom stereocenters. The van der Waals surface area contributed by atoms with Gasteiger partial charge < -0.3 is 10.3 Å². The zero-order valence-electron chi connectivity index (χ0n) is 10.1. The van der Waals surface area contributed by atoms with Crippen LogP contribution in [-0.4, -0.2) is 4.68 Å². The van der Waals surface area contributed by atoms with Gasteiger partial charge in [0.25, 0.3) is 0 Å². The third-order valence-electron chi connectivity index (χ3n) is 3.07. The molecule has 90 valence electrons. The van der Waals surface area contributed by atoms with E-state index in [1.807, 2.05) is 37.3 Å². The highest BCUT2D eigenvalue weighted by Gasteiger charge is 2.16. The van der Waals surface area contributed by atoms with E-state index in [1.165, 1.54) is 0 Å². The van der Waals surface area contributed by atoms with Gasteiger partial charge in [0.15, 0.2) is 5.76 Å². The summed E-state index contributed by atoms with van der Waals surface area (Å²) in [6.45, 7) is 1.98. The highest BCUT2D eigenvalue weighted by atomic mass is 16.3. The Labute approximate surface area is 105 Å². The first-order valence-corrected chi connectivity index (χ1v) is 5.84. The van der Waals surface area contributed by atoms with Gasteiger partial charge >= 0.3 is 0 Å². The topological polar surface area (TPSA) is 44.1 Å². The number of nitrogens with two attached hydrogens (primary N) is 1. The second kappa shape index (κ2) is 4.11. The number of hydrogen-bond donors (Lipinski definition) is 1. The lowest BCUT2D eigenvalue weighted by Gasteiger charge is -2.05. The minimum atomic E-state index is 0.782. The van der Waals surface area contributed by atoms with E-state index in [1.54, 1.807) is 10.9 Å². The molecule has 3 aromatic rings. The number of furan rings is 1. The molecule has 0 bridgehead atoms. The van der Waals surface area contributed by atoms with E-state index in [2.05, 4.69) is 18.2 Å². The number of nitrogen functional groups attached to an aromatic ring is 1. The van der Waals surface area contributed by atoms with Crippen LogP contribution in [0.3, 0.4) is 0 Å². The number of nitrogens with zero attached hydrogens (tertiary/aromatic N) is 1. The maximum absolute atomic E-state index is 6.09. The molecule has 2 heterocycles. The summed E-state index contributed by atoms with van der Waals surface area (Å²) in [4.78, 5) is 0. The van der Waals surface area contributed by atoms with Crippen LogP contribution in [-0.2, 0) is 0 Å². The molecule has 1 aromatic carbocycles. The number of rotatable bonds is 2. The summed E-state index contributed by atoms with van der Waals surface area (Å²) >= 11 is 0. The van der Waals surface area contributed by atoms with Crippen molar-refractivity contribution >= 4 is 0 Å². The van der Waals surface area contributed by atoms with Crippen LogP contribution in [0.15, 0.2) is 59.2 Å². The summed E-state index contributed by atoms with van der Waals surface area (Å²) in [6.07, 6.45) is 1.66. The molecular formula is C15H14N2O. The Morgan fingerprint density at radius 3 is 2.50 bits per heavy atom. The first-order valence-electron chi connectivity index (χ1n) is 5.84. The van der Waals surface area contributed by atoms with Crippen LogP contribution in [0.5, 0.6) is 0 Å². The highest BCUT2D eigenvalue weighted by Crippen LogP contribution is 2.33. The van der Waals surface area contributed by atoms with E-state index in [0.29, 0.717) is 0 Å². The maximum Gasteiger partial charge on any atom is 0.152 e. The number of benzene rings is 1. The third-order valence-corrected chi connectivity index (χ3v) is 3.07. The van der Waals surface area contributed by atoms with E-state index < -0.39 is 0 Å². The molecule has 0 radical (unpaired) electrons. The van der Waals surface area contributed by atoms with Crippen LogP contribution < -0.4 is 5.84 Å². The van der Waals surface area contributed by atoms with Gasteiger partial charge in [-0.05, 0) is 30.7 Å². The Bertz CT molecular complexity index is 651.